The molecule has 0 fully saturated rings. The summed E-state index contributed by atoms with van der Waals surface area (Å²) in [4.78, 5) is 11.1. The minimum Gasteiger partial charge on any atom is -0.326 e. The van der Waals surface area contributed by atoms with Gasteiger partial charge < -0.3 is 5.73 Å². The Bertz CT molecular complexity index is 1810. The third-order valence-corrected chi connectivity index (χ3v) is 7.78. The zero-order valence-corrected chi connectivity index (χ0v) is 21.7. The maximum atomic E-state index is 13.9. The van der Waals surface area contributed by atoms with Crippen LogP contribution < -0.4 is 11.3 Å². The summed E-state index contributed by atoms with van der Waals surface area (Å²) in [6, 6.07) is 23.8. The third kappa shape index (κ3) is 4.93. The van der Waals surface area contributed by atoms with Crippen LogP contribution in [0.15, 0.2) is 102 Å². The van der Waals surface area contributed by atoms with Gasteiger partial charge in [-0.15, -0.1) is 0 Å². The van der Waals surface area contributed by atoms with Gasteiger partial charge in [-0.05, 0) is 82.8 Å². The Kier molecular flexibility index (Phi) is 6.91. The molecule has 2 aliphatic rings. The molecule has 0 bridgehead atoms. The molecule has 0 saturated heterocycles. The molecule has 5 aromatic rings. The number of halogens is 1. The average molecular weight is 516 g/mol. The van der Waals surface area contributed by atoms with Gasteiger partial charge in [-0.1, -0.05) is 78.4 Å². The van der Waals surface area contributed by atoms with Crippen LogP contribution in [-0.4, -0.2) is 10.2 Å². The fraction of sp³-hybridized carbons (Fsp3) is 0.176. The van der Waals surface area contributed by atoms with Crippen LogP contribution >= 0.6 is 0 Å². The number of benzene rings is 4. The molecule has 2 aliphatic carbocycles. The van der Waals surface area contributed by atoms with Crippen LogP contribution in [0.4, 0.5) is 4.39 Å². The number of nitrogens with two attached hydrogens (primary N) is 1. The van der Waals surface area contributed by atoms with E-state index in [2.05, 4.69) is 52.7 Å². The van der Waals surface area contributed by atoms with E-state index in [1.807, 2.05) is 30.3 Å². The van der Waals surface area contributed by atoms with Crippen molar-refractivity contribution in [2.45, 2.75) is 38.6 Å². The van der Waals surface area contributed by atoms with Gasteiger partial charge in [0.15, 0.2) is 0 Å². The summed E-state index contributed by atoms with van der Waals surface area (Å²) in [5.41, 5.74) is 14.5. The molecule has 0 radical (unpaired) electrons. The molecule has 5 heteroatoms. The van der Waals surface area contributed by atoms with Gasteiger partial charge in [0.05, 0.1) is 6.20 Å². The molecule has 0 amide bonds. The summed E-state index contributed by atoms with van der Waals surface area (Å²) in [5, 5.41) is 10.3. The molecular formula is C34H30FN3O. The number of fused-ring (bicyclic) bond motifs is 5. The first-order valence-electron chi connectivity index (χ1n) is 13.4. The highest BCUT2D eigenvalue weighted by atomic mass is 19.1. The maximum absolute atomic E-state index is 13.9. The fourth-order valence-corrected chi connectivity index (χ4v) is 5.87. The predicted molar refractivity (Wildman–Crippen MR) is 157 cm³/mol. The van der Waals surface area contributed by atoms with Crippen molar-refractivity contribution in [1.29, 1.82) is 0 Å². The van der Waals surface area contributed by atoms with E-state index in [1.165, 1.54) is 45.9 Å². The predicted octanol–water partition coefficient (Wildman–Crippen LogP) is 7.00. The van der Waals surface area contributed by atoms with E-state index in [1.54, 1.807) is 23.9 Å². The molecule has 7 rings (SSSR count). The van der Waals surface area contributed by atoms with Crippen LogP contribution in [0.1, 0.15) is 47.1 Å². The second kappa shape index (κ2) is 10.8. The van der Waals surface area contributed by atoms with Gasteiger partial charge in [-0.25, -0.2) is 9.49 Å². The summed E-state index contributed by atoms with van der Waals surface area (Å²) in [6.07, 6.45) is 11.7. The zero-order valence-electron chi connectivity index (χ0n) is 21.7. The van der Waals surface area contributed by atoms with E-state index in [0.717, 1.165) is 30.2 Å². The van der Waals surface area contributed by atoms with Crippen molar-refractivity contribution >= 4 is 27.1 Å². The number of nitrogens with one attached hydrogen (secondary N) is 1. The van der Waals surface area contributed by atoms with Gasteiger partial charge in [0.1, 0.15) is 5.82 Å². The van der Waals surface area contributed by atoms with Crippen LogP contribution in [-0.2, 0) is 19.4 Å². The highest BCUT2D eigenvalue weighted by Crippen LogP contribution is 2.41. The normalized spacial score (nSPS) is 14.1. The third-order valence-electron chi connectivity index (χ3n) is 7.78. The zero-order chi connectivity index (χ0) is 26.8. The van der Waals surface area contributed by atoms with Crippen LogP contribution in [0.3, 0.4) is 0 Å². The van der Waals surface area contributed by atoms with E-state index in [4.69, 9.17) is 5.73 Å². The standard InChI is InChI=1S/C26H24FN.C8H6N2O/c27-25-13-8-17(15-21(25)16-28)14-20-6-3-5-19-10-11-23-22-7-2-1-4-18(22)9-12-24(23)26(19)20;11-8-7-4-2-1-3-6(7)5-9-10-8/h2-3,5-8,10-11,13,15H,1,4,9,12,14,16,28H2;1-5H,(H,10,11). The molecule has 0 atom stereocenters. The van der Waals surface area contributed by atoms with Crippen molar-refractivity contribution in [1.82, 2.24) is 10.2 Å². The molecule has 0 saturated carbocycles. The lowest BCUT2D eigenvalue weighted by Gasteiger charge is -2.26. The van der Waals surface area contributed by atoms with Crippen molar-refractivity contribution in [3.63, 3.8) is 0 Å². The molecule has 1 aromatic heterocycles. The number of aryl methyl sites for hydroxylation is 1. The molecule has 0 spiro atoms. The van der Waals surface area contributed by atoms with Gasteiger partial charge in [0.25, 0.3) is 5.56 Å². The van der Waals surface area contributed by atoms with Crippen LogP contribution in [0.2, 0.25) is 0 Å². The van der Waals surface area contributed by atoms with E-state index >= 15 is 0 Å². The number of allylic oxidation sites excluding steroid dienone is 4. The van der Waals surface area contributed by atoms with Crippen LogP contribution in [0.25, 0.3) is 27.1 Å². The Morgan fingerprint density at radius 1 is 0.897 bits per heavy atom. The van der Waals surface area contributed by atoms with Gasteiger partial charge in [-0.2, -0.15) is 5.10 Å². The molecule has 4 aromatic carbocycles. The highest BCUT2D eigenvalue weighted by molar-refractivity contribution is 5.96. The molecular weight excluding hydrogens is 485 g/mol. The van der Waals surface area contributed by atoms with Gasteiger partial charge in [0.2, 0.25) is 0 Å². The average Bonchev–Trinajstić information content (AvgIpc) is 2.98. The fourth-order valence-electron chi connectivity index (χ4n) is 5.87. The quantitative estimate of drug-likeness (QED) is 0.272. The maximum Gasteiger partial charge on any atom is 0.272 e. The summed E-state index contributed by atoms with van der Waals surface area (Å²) >= 11 is 0. The molecule has 39 heavy (non-hydrogen) atoms. The monoisotopic (exact) mass is 515 g/mol. The number of hydrogen-bond acceptors (Lipinski definition) is 3. The Morgan fingerprint density at radius 2 is 1.77 bits per heavy atom. The number of aromatic amines is 1. The Balaban J connectivity index is 0.000000210. The van der Waals surface area contributed by atoms with Crippen molar-refractivity contribution in [2.75, 3.05) is 0 Å². The molecule has 194 valence electrons. The smallest absolute Gasteiger partial charge is 0.272 e. The lowest BCUT2D eigenvalue weighted by atomic mass is 9.78. The van der Waals surface area contributed by atoms with Crippen molar-refractivity contribution in [3.05, 3.63) is 141 Å². The topological polar surface area (TPSA) is 71.8 Å². The highest BCUT2D eigenvalue weighted by Gasteiger charge is 2.21. The van der Waals surface area contributed by atoms with Gasteiger partial charge in [-0.3, -0.25) is 4.79 Å². The molecule has 0 aliphatic heterocycles. The number of hydrogen-bond donors (Lipinski definition) is 2. The van der Waals surface area contributed by atoms with Crippen molar-refractivity contribution < 1.29 is 4.39 Å². The SMILES string of the molecule is NCc1cc(Cc2cccc3ccc4c(c23)CCC2=C4C=CCC2)ccc1F.O=c1[nH]ncc2ccccc12. The summed E-state index contributed by atoms with van der Waals surface area (Å²) in [5.74, 6) is -0.217. The summed E-state index contributed by atoms with van der Waals surface area (Å²) in [6.45, 7) is 0.230. The van der Waals surface area contributed by atoms with Crippen molar-refractivity contribution in [2.24, 2.45) is 5.73 Å². The number of aromatic nitrogens is 2. The van der Waals surface area contributed by atoms with Crippen molar-refractivity contribution in [3.8, 4) is 0 Å². The van der Waals surface area contributed by atoms with E-state index in [-0.39, 0.29) is 17.9 Å². The second-order valence-corrected chi connectivity index (χ2v) is 10.2. The molecule has 0 unspecified atom stereocenters. The first-order valence-corrected chi connectivity index (χ1v) is 13.4. The van der Waals surface area contributed by atoms with E-state index < -0.39 is 0 Å². The molecule has 1 heterocycles. The first-order chi connectivity index (χ1) is 19.1. The largest absolute Gasteiger partial charge is 0.326 e. The second-order valence-electron chi connectivity index (χ2n) is 10.2. The van der Waals surface area contributed by atoms with E-state index in [9.17, 15) is 9.18 Å². The van der Waals surface area contributed by atoms with E-state index in [0.29, 0.717) is 10.9 Å². The minimum atomic E-state index is -0.217. The number of nitrogens with zero attached hydrogens (tertiary/aromatic N) is 1. The lowest BCUT2D eigenvalue weighted by molar-refractivity contribution is 0.610. The number of rotatable bonds is 3. The Labute approximate surface area is 226 Å². The minimum absolute atomic E-state index is 0.136. The Morgan fingerprint density at radius 3 is 2.64 bits per heavy atom. The molecule has 3 N–H and O–H groups in total. The lowest BCUT2D eigenvalue weighted by Crippen LogP contribution is -2.08. The van der Waals surface area contributed by atoms with Gasteiger partial charge in [0, 0.05) is 22.9 Å². The van der Waals surface area contributed by atoms with Gasteiger partial charge >= 0.3 is 0 Å². The molecule has 4 nitrogen and oxygen atoms in total. The summed E-state index contributed by atoms with van der Waals surface area (Å²) in [7, 11) is 0. The van der Waals surface area contributed by atoms with Crippen LogP contribution in [0.5, 0.6) is 0 Å². The summed E-state index contributed by atoms with van der Waals surface area (Å²) < 4.78 is 13.9. The Hall–Kier alpha value is -4.35. The number of H-pyrrole nitrogens is 1. The van der Waals surface area contributed by atoms with Crippen LogP contribution in [0, 0.1) is 5.82 Å². The first kappa shape index (κ1) is 25.0.